The predicted molar refractivity (Wildman–Crippen MR) is 110 cm³/mol. The highest BCUT2D eigenvalue weighted by molar-refractivity contribution is 9.10. The lowest BCUT2D eigenvalue weighted by Gasteiger charge is -2.11. The van der Waals surface area contributed by atoms with E-state index in [0.29, 0.717) is 6.61 Å². The highest BCUT2D eigenvalue weighted by Crippen LogP contribution is 2.23. The molecule has 3 rings (SSSR count). The molecule has 0 spiro atoms. The Labute approximate surface area is 164 Å². The number of ether oxygens (including phenoxy) is 2. The number of halogens is 1. The summed E-state index contributed by atoms with van der Waals surface area (Å²) in [4.78, 5) is 4.31. The molecule has 3 aromatic rings. The molecule has 7 heteroatoms. The number of rotatable bonds is 7. The van der Waals surface area contributed by atoms with Crippen LogP contribution in [0.2, 0.25) is 0 Å². The van der Waals surface area contributed by atoms with Crippen LogP contribution in [0, 0.1) is 6.92 Å². The first-order valence-electron chi connectivity index (χ1n) is 7.90. The molecule has 1 aromatic heterocycles. The SMILES string of the molecule is COc1ccc(C=NNc2nc(C)cs2)cc1COc1cccc(Br)c1. The molecule has 1 heterocycles. The van der Waals surface area contributed by atoms with Gasteiger partial charge in [0.1, 0.15) is 18.1 Å². The van der Waals surface area contributed by atoms with Crippen LogP contribution in [0.3, 0.4) is 0 Å². The average Bonchev–Trinajstić information content (AvgIpc) is 3.05. The van der Waals surface area contributed by atoms with Gasteiger partial charge in [-0.15, -0.1) is 11.3 Å². The maximum Gasteiger partial charge on any atom is 0.203 e. The molecule has 0 radical (unpaired) electrons. The second-order valence-electron chi connectivity index (χ2n) is 5.48. The molecule has 0 fully saturated rings. The first kappa shape index (κ1) is 18.4. The topological polar surface area (TPSA) is 55.7 Å². The minimum absolute atomic E-state index is 0.403. The molecule has 1 N–H and O–H groups in total. The fourth-order valence-corrected chi connectivity index (χ4v) is 3.29. The Morgan fingerprint density at radius 3 is 2.88 bits per heavy atom. The lowest BCUT2D eigenvalue weighted by molar-refractivity contribution is 0.296. The predicted octanol–water partition coefficient (Wildman–Crippen LogP) is 5.25. The lowest BCUT2D eigenvalue weighted by atomic mass is 10.1. The van der Waals surface area contributed by atoms with Crippen molar-refractivity contribution < 1.29 is 9.47 Å². The minimum atomic E-state index is 0.403. The summed E-state index contributed by atoms with van der Waals surface area (Å²) in [7, 11) is 1.65. The van der Waals surface area contributed by atoms with Crippen LogP contribution in [-0.2, 0) is 6.61 Å². The molecule has 0 saturated heterocycles. The van der Waals surface area contributed by atoms with E-state index in [1.54, 1.807) is 13.3 Å². The van der Waals surface area contributed by atoms with Gasteiger partial charge in [0.25, 0.3) is 0 Å². The van der Waals surface area contributed by atoms with Crippen molar-refractivity contribution in [3.63, 3.8) is 0 Å². The third-order valence-electron chi connectivity index (χ3n) is 3.49. The van der Waals surface area contributed by atoms with E-state index >= 15 is 0 Å². The van der Waals surface area contributed by atoms with E-state index in [0.717, 1.165) is 37.9 Å². The van der Waals surface area contributed by atoms with Crippen molar-refractivity contribution in [2.24, 2.45) is 5.10 Å². The van der Waals surface area contributed by atoms with Gasteiger partial charge in [-0.05, 0) is 48.9 Å². The Morgan fingerprint density at radius 2 is 2.15 bits per heavy atom. The second kappa shape index (κ2) is 8.82. The molecular weight excluding hydrogens is 414 g/mol. The Bertz CT molecular complexity index is 911. The first-order chi connectivity index (χ1) is 12.6. The van der Waals surface area contributed by atoms with E-state index in [4.69, 9.17) is 9.47 Å². The summed E-state index contributed by atoms with van der Waals surface area (Å²) < 4.78 is 12.3. The number of hydrazone groups is 1. The number of thiazole rings is 1. The summed E-state index contributed by atoms with van der Waals surface area (Å²) in [6.07, 6.45) is 1.75. The van der Waals surface area contributed by atoms with Crippen molar-refractivity contribution in [1.29, 1.82) is 0 Å². The molecule has 5 nitrogen and oxygen atoms in total. The summed E-state index contributed by atoms with van der Waals surface area (Å²) in [5, 5.41) is 6.98. The van der Waals surface area contributed by atoms with Gasteiger partial charge in [-0.25, -0.2) is 4.98 Å². The molecule has 0 aliphatic rings. The number of anilines is 1. The van der Waals surface area contributed by atoms with Gasteiger partial charge in [0, 0.05) is 15.4 Å². The number of nitrogens with zero attached hydrogens (tertiary/aromatic N) is 2. The number of methoxy groups -OCH3 is 1. The lowest BCUT2D eigenvalue weighted by Crippen LogP contribution is -2.00. The quantitative estimate of drug-likeness (QED) is 0.410. The average molecular weight is 432 g/mol. The van der Waals surface area contributed by atoms with Crippen molar-refractivity contribution in [3.05, 3.63) is 69.1 Å². The fourth-order valence-electron chi connectivity index (χ4n) is 2.28. The van der Waals surface area contributed by atoms with Crippen LogP contribution in [0.25, 0.3) is 0 Å². The normalized spacial score (nSPS) is 10.9. The maximum absolute atomic E-state index is 5.87. The first-order valence-corrected chi connectivity index (χ1v) is 9.58. The molecule has 134 valence electrons. The Kier molecular flexibility index (Phi) is 6.25. The molecule has 0 aliphatic heterocycles. The number of aryl methyl sites for hydroxylation is 1. The van der Waals surface area contributed by atoms with Crippen LogP contribution in [0.1, 0.15) is 16.8 Å². The van der Waals surface area contributed by atoms with E-state index in [1.165, 1.54) is 11.3 Å². The van der Waals surface area contributed by atoms with Crippen molar-refractivity contribution in [3.8, 4) is 11.5 Å². The van der Waals surface area contributed by atoms with E-state index in [9.17, 15) is 0 Å². The van der Waals surface area contributed by atoms with Crippen LogP contribution in [0.15, 0.2) is 57.4 Å². The zero-order valence-electron chi connectivity index (χ0n) is 14.4. The summed E-state index contributed by atoms with van der Waals surface area (Å²) in [5.41, 5.74) is 5.80. The van der Waals surface area contributed by atoms with Crippen LogP contribution in [0.4, 0.5) is 5.13 Å². The van der Waals surface area contributed by atoms with Gasteiger partial charge in [-0.3, -0.25) is 5.43 Å². The van der Waals surface area contributed by atoms with Gasteiger partial charge in [-0.1, -0.05) is 22.0 Å². The molecule has 0 bridgehead atoms. The summed E-state index contributed by atoms with van der Waals surface area (Å²) >= 11 is 4.96. The monoisotopic (exact) mass is 431 g/mol. The summed E-state index contributed by atoms with van der Waals surface area (Å²) in [6.45, 7) is 2.35. The standard InChI is InChI=1S/C19H18BrN3O2S/c1-13-12-26-19(22-13)23-21-10-14-6-7-18(24-2)15(8-14)11-25-17-5-3-4-16(20)9-17/h3-10,12H,11H2,1-2H3,(H,22,23). The number of benzene rings is 2. The Hall–Kier alpha value is -2.38. The molecule has 0 unspecified atom stereocenters. The van der Waals surface area contributed by atoms with Crippen LogP contribution < -0.4 is 14.9 Å². The van der Waals surface area contributed by atoms with Crippen molar-refractivity contribution in [2.75, 3.05) is 12.5 Å². The molecular formula is C19H18BrN3O2S. The van der Waals surface area contributed by atoms with Gasteiger partial charge in [-0.2, -0.15) is 5.10 Å². The van der Waals surface area contributed by atoms with Crippen LogP contribution in [0.5, 0.6) is 11.5 Å². The molecule has 0 aliphatic carbocycles. The molecule has 0 atom stereocenters. The van der Waals surface area contributed by atoms with Crippen molar-refractivity contribution >= 4 is 38.6 Å². The maximum atomic E-state index is 5.87. The third-order valence-corrected chi connectivity index (χ3v) is 4.85. The van der Waals surface area contributed by atoms with E-state index in [2.05, 4.69) is 31.4 Å². The summed E-state index contributed by atoms with van der Waals surface area (Å²) in [5.74, 6) is 1.57. The summed E-state index contributed by atoms with van der Waals surface area (Å²) in [6, 6.07) is 13.6. The fraction of sp³-hybridized carbons (Fsp3) is 0.158. The number of hydrogen-bond donors (Lipinski definition) is 1. The smallest absolute Gasteiger partial charge is 0.203 e. The van der Waals surface area contributed by atoms with Crippen molar-refractivity contribution in [1.82, 2.24) is 4.98 Å². The van der Waals surface area contributed by atoms with Crippen LogP contribution in [-0.4, -0.2) is 18.3 Å². The third kappa shape index (κ3) is 5.06. The highest BCUT2D eigenvalue weighted by atomic mass is 79.9. The molecule has 2 aromatic carbocycles. The Morgan fingerprint density at radius 1 is 1.27 bits per heavy atom. The Balaban J connectivity index is 1.69. The zero-order chi connectivity index (χ0) is 18.4. The van der Waals surface area contributed by atoms with Gasteiger partial charge in [0.15, 0.2) is 0 Å². The molecule has 0 saturated carbocycles. The van der Waals surface area contributed by atoms with Crippen LogP contribution >= 0.6 is 27.3 Å². The molecule has 26 heavy (non-hydrogen) atoms. The van der Waals surface area contributed by atoms with Gasteiger partial charge in [0.05, 0.1) is 19.0 Å². The zero-order valence-corrected chi connectivity index (χ0v) is 16.8. The largest absolute Gasteiger partial charge is 0.496 e. The van der Waals surface area contributed by atoms with Crippen molar-refractivity contribution in [2.45, 2.75) is 13.5 Å². The minimum Gasteiger partial charge on any atom is -0.496 e. The van der Waals surface area contributed by atoms with E-state index in [1.807, 2.05) is 54.8 Å². The van der Waals surface area contributed by atoms with Gasteiger partial charge < -0.3 is 9.47 Å². The second-order valence-corrected chi connectivity index (χ2v) is 7.26. The highest BCUT2D eigenvalue weighted by Gasteiger charge is 2.06. The van der Waals surface area contributed by atoms with Gasteiger partial charge in [0.2, 0.25) is 5.13 Å². The van der Waals surface area contributed by atoms with Gasteiger partial charge >= 0.3 is 0 Å². The number of nitrogens with one attached hydrogen (secondary N) is 1. The van der Waals surface area contributed by atoms with E-state index in [-0.39, 0.29) is 0 Å². The molecule has 0 amide bonds. The number of aromatic nitrogens is 1. The van der Waals surface area contributed by atoms with E-state index < -0.39 is 0 Å². The number of hydrogen-bond acceptors (Lipinski definition) is 6.